The number of hydrogen-bond donors (Lipinski definition) is 1. The predicted octanol–water partition coefficient (Wildman–Crippen LogP) is 4.90. The number of hydrogen-bond acceptors (Lipinski definition) is 0. The summed E-state index contributed by atoms with van der Waals surface area (Å²) in [5.74, 6) is 0.560. The molecule has 1 heteroatoms. The molecule has 0 unspecified atom stereocenters. The van der Waals surface area contributed by atoms with Crippen molar-refractivity contribution in [2.24, 2.45) is 0 Å². The maximum atomic E-state index is 3.65. The molecular formula is C16H23N. The Morgan fingerprint density at radius 2 is 1.76 bits per heavy atom. The molecule has 0 bridgehead atoms. The molecule has 0 saturated carbocycles. The van der Waals surface area contributed by atoms with Crippen molar-refractivity contribution in [2.45, 2.75) is 52.9 Å². The number of nitrogens with one attached hydrogen (secondary N) is 1. The van der Waals surface area contributed by atoms with Crippen molar-refractivity contribution < 1.29 is 0 Å². The van der Waals surface area contributed by atoms with Crippen molar-refractivity contribution in [1.29, 1.82) is 0 Å². The SMILES string of the molecule is Cc1c(C(C)(C)C)[nH]c2c(C(C)C)cccc12. The van der Waals surface area contributed by atoms with Gasteiger partial charge in [0.15, 0.2) is 0 Å². The number of aromatic nitrogens is 1. The predicted molar refractivity (Wildman–Crippen MR) is 75.8 cm³/mol. The van der Waals surface area contributed by atoms with E-state index in [9.17, 15) is 0 Å². The minimum absolute atomic E-state index is 0.178. The number of benzene rings is 1. The van der Waals surface area contributed by atoms with E-state index in [-0.39, 0.29) is 5.41 Å². The average Bonchev–Trinajstić information content (AvgIpc) is 2.55. The van der Waals surface area contributed by atoms with Gasteiger partial charge in [0, 0.05) is 22.0 Å². The Kier molecular flexibility index (Phi) is 2.81. The topological polar surface area (TPSA) is 15.8 Å². The van der Waals surface area contributed by atoms with E-state index in [0.29, 0.717) is 5.92 Å². The molecular weight excluding hydrogens is 206 g/mol. The first-order valence-corrected chi connectivity index (χ1v) is 6.44. The Bertz CT molecular complexity index is 538. The van der Waals surface area contributed by atoms with Crippen LogP contribution in [0.25, 0.3) is 10.9 Å². The average molecular weight is 229 g/mol. The third kappa shape index (κ3) is 1.99. The first-order chi connectivity index (χ1) is 7.82. The van der Waals surface area contributed by atoms with Crippen LogP contribution in [0.4, 0.5) is 0 Å². The molecule has 92 valence electrons. The molecule has 0 saturated heterocycles. The summed E-state index contributed by atoms with van der Waals surface area (Å²) in [6.45, 7) is 13.5. The lowest BCUT2D eigenvalue weighted by Crippen LogP contribution is -2.12. The maximum absolute atomic E-state index is 3.65. The summed E-state index contributed by atoms with van der Waals surface area (Å²) in [5.41, 5.74) is 5.68. The van der Waals surface area contributed by atoms with Crippen LogP contribution in [-0.4, -0.2) is 4.98 Å². The summed E-state index contributed by atoms with van der Waals surface area (Å²) < 4.78 is 0. The Morgan fingerprint density at radius 3 is 2.29 bits per heavy atom. The van der Waals surface area contributed by atoms with Crippen LogP contribution >= 0.6 is 0 Å². The highest BCUT2D eigenvalue weighted by atomic mass is 14.7. The van der Waals surface area contributed by atoms with E-state index in [2.05, 4.69) is 64.7 Å². The van der Waals surface area contributed by atoms with Gasteiger partial charge < -0.3 is 4.98 Å². The Hall–Kier alpha value is -1.24. The molecule has 1 N–H and O–H groups in total. The standard InChI is InChI=1S/C16H23N/c1-10(2)12-8-7-9-13-11(3)15(16(4,5)6)17-14(12)13/h7-10,17H,1-6H3. The minimum Gasteiger partial charge on any atom is -0.357 e. The maximum Gasteiger partial charge on any atom is 0.0494 e. The third-order valence-corrected chi connectivity index (χ3v) is 3.50. The van der Waals surface area contributed by atoms with E-state index in [1.165, 1.54) is 27.7 Å². The van der Waals surface area contributed by atoms with E-state index in [0.717, 1.165) is 0 Å². The van der Waals surface area contributed by atoms with Gasteiger partial charge in [0.2, 0.25) is 0 Å². The van der Waals surface area contributed by atoms with Crippen molar-refractivity contribution in [2.75, 3.05) is 0 Å². The molecule has 1 aromatic heterocycles. The lowest BCUT2D eigenvalue weighted by atomic mass is 9.89. The van der Waals surface area contributed by atoms with Crippen LogP contribution < -0.4 is 0 Å². The van der Waals surface area contributed by atoms with Crippen LogP contribution in [0.2, 0.25) is 0 Å². The second kappa shape index (κ2) is 3.90. The van der Waals surface area contributed by atoms with Crippen molar-refractivity contribution >= 4 is 10.9 Å². The number of aryl methyl sites for hydroxylation is 1. The van der Waals surface area contributed by atoms with Gasteiger partial charge in [-0.2, -0.15) is 0 Å². The van der Waals surface area contributed by atoms with Gasteiger partial charge in [-0.3, -0.25) is 0 Å². The van der Waals surface area contributed by atoms with Gasteiger partial charge in [0.1, 0.15) is 0 Å². The highest BCUT2D eigenvalue weighted by Crippen LogP contribution is 2.33. The molecule has 1 heterocycles. The molecule has 0 aliphatic heterocycles. The summed E-state index contributed by atoms with van der Waals surface area (Å²) in [4.78, 5) is 3.65. The quantitative estimate of drug-likeness (QED) is 0.716. The molecule has 1 aromatic carbocycles. The second-order valence-corrected chi connectivity index (χ2v) is 6.30. The van der Waals surface area contributed by atoms with Gasteiger partial charge in [0.25, 0.3) is 0 Å². The molecule has 2 aromatic rings. The molecule has 0 spiro atoms. The Balaban J connectivity index is 2.78. The molecule has 0 radical (unpaired) electrons. The van der Waals surface area contributed by atoms with Crippen LogP contribution in [0, 0.1) is 6.92 Å². The van der Waals surface area contributed by atoms with Crippen LogP contribution in [0.15, 0.2) is 18.2 Å². The fourth-order valence-corrected chi connectivity index (χ4v) is 2.61. The number of aromatic amines is 1. The van der Waals surface area contributed by atoms with Gasteiger partial charge in [-0.25, -0.2) is 0 Å². The normalized spacial score (nSPS) is 12.6. The van der Waals surface area contributed by atoms with Crippen molar-refractivity contribution in [3.63, 3.8) is 0 Å². The third-order valence-electron chi connectivity index (χ3n) is 3.50. The van der Waals surface area contributed by atoms with Crippen LogP contribution in [-0.2, 0) is 5.41 Å². The second-order valence-electron chi connectivity index (χ2n) is 6.30. The largest absolute Gasteiger partial charge is 0.357 e. The lowest BCUT2D eigenvalue weighted by molar-refractivity contribution is 0.570. The van der Waals surface area contributed by atoms with Crippen molar-refractivity contribution in [1.82, 2.24) is 4.98 Å². The highest BCUT2D eigenvalue weighted by Gasteiger charge is 2.21. The molecule has 0 aliphatic carbocycles. The number of para-hydroxylation sites is 1. The summed E-state index contributed by atoms with van der Waals surface area (Å²) in [6, 6.07) is 6.63. The molecule has 2 rings (SSSR count). The molecule has 0 atom stereocenters. The van der Waals surface area contributed by atoms with Gasteiger partial charge in [0.05, 0.1) is 0 Å². The monoisotopic (exact) mass is 229 g/mol. The highest BCUT2D eigenvalue weighted by molar-refractivity contribution is 5.87. The first kappa shape index (κ1) is 12.2. The van der Waals surface area contributed by atoms with Gasteiger partial charge in [-0.15, -0.1) is 0 Å². The number of H-pyrrole nitrogens is 1. The molecule has 1 nitrogen and oxygen atoms in total. The van der Waals surface area contributed by atoms with Crippen molar-refractivity contribution in [3.8, 4) is 0 Å². The summed E-state index contributed by atoms with van der Waals surface area (Å²) in [6.07, 6.45) is 0. The fourth-order valence-electron chi connectivity index (χ4n) is 2.61. The van der Waals surface area contributed by atoms with E-state index in [1.54, 1.807) is 0 Å². The molecule has 0 fully saturated rings. The van der Waals surface area contributed by atoms with Crippen molar-refractivity contribution in [3.05, 3.63) is 35.0 Å². The Morgan fingerprint density at radius 1 is 1.12 bits per heavy atom. The zero-order valence-corrected chi connectivity index (χ0v) is 11.8. The molecule has 17 heavy (non-hydrogen) atoms. The summed E-state index contributed by atoms with van der Waals surface area (Å²) in [7, 11) is 0. The number of rotatable bonds is 1. The van der Waals surface area contributed by atoms with Crippen LogP contribution in [0.1, 0.15) is 57.4 Å². The summed E-state index contributed by atoms with van der Waals surface area (Å²) in [5, 5.41) is 1.38. The molecule has 0 amide bonds. The Labute approximate surface area is 104 Å². The van der Waals surface area contributed by atoms with E-state index < -0.39 is 0 Å². The van der Waals surface area contributed by atoms with Gasteiger partial charge in [-0.1, -0.05) is 52.8 Å². The summed E-state index contributed by atoms with van der Waals surface area (Å²) >= 11 is 0. The van der Waals surface area contributed by atoms with E-state index in [4.69, 9.17) is 0 Å². The minimum atomic E-state index is 0.178. The van der Waals surface area contributed by atoms with E-state index >= 15 is 0 Å². The lowest BCUT2D eigenvalue weighted by Gasteiger charge is -2.18. The van der Waals surface area contributed by atoms with Gasteiger partial charge >= 0.3 is 0 Å². The zero-order chi connectivity index (χ0) is 12.8. The smallest absolute Gasteiger partial charge is 0.0494 e. The van der Waals surface area contributed by atoms with E-state index in [1.807, 2.05) is 0 Å². The molecule has 0 aliphatic rings. The first-order valence-electron chi connectivity index (χ1n) is 6.44. The fraction of sp³-hybridized carbons (Fsp3) is 0.500. The number of fused-ring (bicyclic) bond motifs is 1. The zero-order valence-electron chi connectivity index (χ0n) is 11.8. The van der Waals surface area contributed by atoms with Crippen LogP contribution in [0.5, 0.6) is 0 Å². The van der Waals surface area contributed by atoms with Gasteiger partial charge in [-0.05, 0) is 24.0 Å². The van der Waals surface area contributed by atoms with Crippen LogP contribution in [0.3, 0.4) is 0 Å².